The van der Waals surface area contributed by atoms with Crippen LogP contribution in [0.25, 0.3) is 5.76 Å². The molecule has 27 heavy (non-hydrogen) atoms. The van der Waals surface area contributed by atoms with Crippen LogP contribution in [0, 0.1) is 6.92 Å². The molecule has 2 heterocycles. The molecule has 1 N–H and O–H groups in total. The molecule has 1 amide bonds. The maximum atomic E-state index is 12.7. The zero-order chi connectivity index (χ0) is 19.7. The molecule has 1 aliphatic heterocycles. The van der Waals surface area contributed by atoms with E-state index in [1.807, 2.05) is 19.0 Å². The van der Waals surface area contributed by atoms with E-state index >= 15 is 0 Å². The van der Waals surface area contributed by atoms with E-state index < -0.39 is 17.7 Å². The number of ketones is 1. The molecule has 1 saturated heterocycles. The summed E-state index contributed by atoms with van der Waals surface area (Å²) in [5, 5.41) is 11.3. The Balaban J connectivity index is 2.11. The number of Topliss-reactive ketones (excluding diaryl/α,β-unsaturated/α-hetero) is 1. The topological polar surface area (TPSA) is 74.0 Å². The minimum absolute atomic E-state index is 0.0235. The highest BCUT2D eigenvalue weighted by atomic mass is 35.5. The molecule has 0 unspecified atom stereocenters. The zero-order valence-electron chi connectivity index (χ0n) is 15.4. The number of carbonyl (C=O) groups is 2. The fourth-order valence-corrected chi connectivity index (χ4v) is 3.20. The summed E-state index contributed by atoms with van der Waals surface area (Å²) in [6.07, 6.45) is 0. The summed E-state index contributed by atoms with van der Waals surface area (Å²) in [6.45, 7) is 2.69. The average molecular weight is 389 g/mol. The first-order valence-corrected chi connectivity index (χ1v) is 8.93. The summed E-state index contributed by atoms with van der Waals surface area (Å²) in [6, 6.07) is 9.17. The number of nitrogens with zero attached hydrogens (tertiary/aromatic N) is 2. The molecule has 0 saturated carbocycles. The van der Waals surface area contributed by atoms with E-state index in [0.717, 1.165) is 0 Å². The van der Waals surface area contributed by atoms with Gasteiger partial charge in [-0.05, 0) is 57.4 Å². The number of aryl methyl sites for hydroxylation is 1. The molecule has 1 aromatic carbocycles. The number of hydrogen-bond donors (Lipinski definition) is 1. The maximum Gasteiger partial charge on any atom is 0.295 e. The van der Waals surface area contributed by atoms with Crippen LogP contribution in [0.3, 0.4) is 0 Å². The second-order valence-electron chi connectivity index (χ2n) is 6.75. The van der Waals surface area contributed by atoms with Gasteiger partial charge in [-0.1, -0.05) is 11.6 Å². The van der Waals surface area contributed by atoms with Crippen molar-refractivity contribution in [3.05, 3.63) is 64.1 Å². The van der Waals surface area contributed by atoms with Gasteiger partial charge in [0.15, 0.2) is 0 Å². The highest BCUT2D eigenvalue weighted by Crippen LogP contribution is 2.39. The fourth-order valence-electron chi connectivity index (χ4n) is 3.08. The van der Waals surface area contributed by atoms with Gasteiger partial charge in [0.25, 0.3) is 11.7 Å². The molecule has 2 aromatic rings. The quantitative estimate of drug-likeness (QED) is 0.483. The molecule has 0 radical (unpaired) electrons. The number of furan rings is 1. The van der Waals surface area contributed by atoms with Crippen LogP contribution in [0.1, 0.15) is 23.1 Å². The van der Waals surface area contributed by atoms with Crippen LogP contribution in [0.5, 0.6) is 0 Å². The highest BCUT2D eigenvalue weighted by Gasteiger charge is 2.47. The number of benzene rings is 1. The fraction of sp³-hybridized carbons (Fsp3) is 0.300. The number of likely N-dealkylation sites (tertiary alicyclic amines) is 1. The third kappa shape index (κ3) is 3.77. The van der Waals surface area contributed by atoms with Gasteiger partial charge in [-0.2, -0.15) is 0 Å². The van der Waals surface area contributed by atoms with Gasteiger partial charge in [0.05, 0.1) is 5.57 Å². The number of amides is 1. The van der Waals surface area contributed by atoms with E-state index in [-0.39, 0.29) is 11.3 Å². The summed E-state index contributed by atoms with van der Waals surface area (Å²) in [5.74, 6) is -0.501. The monoisotopic (exact) mass is 388 g/mol. The Hall–Kier alpha value is -2.57. The number of aliphatic hydroxyl groups excluding tert-OH is 1. The largest absolute Gasteiger partial charge is 0.507 e. The van der Waals surface area contributed by atoms with Crippen molar-refractivity contribution in [2.45, 2.75) is 13.0 Å². The van der Waals surface area contributed by atoms with Crippen LogP contribution >= 0.6 is 11.6 Å². The van der Waals surface area contributed by atoms with Crippen molar-refractivity contribution in [1.29, 1.82) is 0 Å². The Bertz CT molecular complexity index is 899. The van der Waals surface area contributed by atoms with Crippen molar-refractivity contribution in [3.8, 4) is 0 Å². The van der Waals surface area contributed by atoms with Crippen molar-refractivity contribution < 1.29 is 19.1 Å². The minimum Gasteiger partial charge on any atom is -0.507 e. The molecule has 1 aromatic heterocycles. The molecular weight excluding hydrogens is 368 g/mol. The van der Waals surface area contributed by atoms with Crippen LogP contribution in [-0.2, 0) is 9.59 Å². The molecule has 142 valence electrons. The van der Waals surface area contributed by atoms with Crippen LogP contribution in [0.2, 0.25) is 5.02 Å². The standard InChI is InChI=1S/C20H21ClN2O4/c1-12-4-9-15(27-12)17-16(18(24)13-5-7-14(21)8-6-13)19(25)20(26)23(17)11-10-22(2)3/h4-9,17,24H,10-11H2,1-3H3/b18-16+/t17-/m0/s1. The van der Waals surface area contributed by atoms with Crippen LogP contribution < -0.4 is 0 Å². The third-order valence-corrected chi connectivity index (χ3v) is 4.73. The van der Waals surface area contributed by atoms with Crippen LogP contribution in [-0.4, -0.2) is 53.8 Å². The number of halogens is 1. The molecule has 0 bridgehead atoms. The first-order valence-electron chi connectivity index (χ1n) is 8.55. The van der Waals surface area contributed by atoms with E-state index in [4.69, 9.17) is 16.0 Å². The van der Waals surface area contributed by atoms with Crippen molar-refractivity contribution in [3.63, 3.8) is 0 Å². The first-order chi connectivity index (χ1) is 12.8. The Morgan fingerprint density at radius 1 is 1.19 bits per heavy atom. The minimum atomic E-state index is -0.769. The van der Waals surface area contributed by atoms with Gasteiger partial charge >= 0.3 is 0 Å². The molecule has 0 aliphatic carbocycles. The number of rotatable bonds is 5. The van der Waals surface area contributed by atoms with Gasteiger partial charge in [0.2, 0.25) is 0 Å². The molecule has 3 rings (SSSR count). The van der Waals surface area contributed by atoms with Gasteiger partial charge in [-0.15, -0.1) is 0 Å². The third-order valence-electron chi connectivity index (χ3n) is 4.48. The smallest absolute Gasteiger partial charge is 0.295 e. The lowest BCUT2D eigenvalue weighted by Gasteiger charge is -2.24. The summed E-state index contributed by atoms with van der Waals surface area (Å²) in [5.41, 5.74) is 0.439. The van der Waals surface area contributed by atoms with E-state index in [1.165, 1.54) is 4.90 Å². The number of likely N-dealkylation sites (N-methyl/N-ethyl adjacent to an activating group) is 1. The van der Waals surface area contributed by atoms with Gasteiger partial charge in [0, 0.05) is 23.7 Å². The zero-order valence-corrected chi connectivity index (χ0v) is 16.2. The van der Waals surface area contributed by atoms with E-state index in [0.29, 0.717) is 35.2 Å². The van der Waals surface area contributed by atoms with Crippen molar-refractivity contribution in [2.24, 2.45) is 0 Å². The SMILES string of the molecule is Cc1ccc([C@H]2/C(=C(\O)c3ccc(Cl)cc3)C(=O)C(=O)N2CCN(C)C)o1. The number of carbonyl (C=O) groups excluding carboxylic acids is 2. The molecule has 6 nitrogen and oxygen atoms in total. The first kappa shape index (κ1) is 19.2. The Kier molecular flexibility index (Phi) is 5.39. The van der Waals surface area contributed by atoms with E-state index in [9.17, 15) is 14.7 Å². The van der Waals surface area contributed by atoms with Gasteiger partial charge in [0.1, 0.15) is 23.3 Å². The summed E-state index contributed by atoms with van der Waals surface area (Å²) >= 11 is 5.90. The van der Waals surface area contributed by atoms with E-state index in [1.54, 1.807) is 43.3 Å². The van der Waals surface area contributed by atoms with Gasteiger partial charge < -0.3 is 19.3 Å². The normalized spacial score (nSPS) is 19.3. The van der Waals surface area contributed by atoms with Gasteiger partial charge in [-0.25, -0.2) is 0 Å². The Morgan fingerprint density at radius 3 is 2.41 bits per heavy atom. The van der Waals surface area contributed by atoms with Crippen molar-refractivity contribution >= 4 is 29.1 Å². The van der Waals surface area contributed by atoms with E-state index in [2.05, 4.69) is 0 Å². The predicted molar refractivity (Wildman–Crippen MR) is 102 cm³/mol. The average Bonchev–Trinajstić information content (AvgIpc) is 3.15. The number of aliphatic hydroxyl groups is 1. The Labute approximate surface area is 162 Å². The summed E-state index contributed by atoms with van der Waals surface area (Å²) in [4.78, 5) is 28.8. The molecular formula is C20H21ClN2O4. The lowest BCUT2D eigenvalue weighted by atomic mass is 9.99. The second kappa shape index (κ2) is 7.58. The lowest BCUT2D eigenvalue weighted by Crippen LogP contribution is -2.35. The Morgan fingerprint density at radius 2 is 1.85 bits per heavy atom. The predicted octanol–water partition coefficient (Wildman–Crippen LogP) is 3.22. The maximum absolute atomic E-state index is 12.7. The molecule has 7 heteroatoms. The number of hydrogen-bond acceptors (Lipinski definition) is 5. The molecule has 1 aliphatic rings. The van der Waals surface area contributed by atoms with Crippen LogP contribution in [0.15, 0.2) is 46.4 Å². The second-order valence-corrected chi connectivity index (χ2v) is 7.19. The molecule has 0 spiro atoms. The molecule has 1 atom stereocenters. The lowest BCUT2D eigenvalue weighted by molar-refractivity contribution is -0.140. The van der Waals surface area contributed by atoms with Crippen LogP contribution in [0.4, 0.5) is 0 Å². The van der Waals surface area contributed by atoms with Gasteiger partial charge in [-0.3, -0.25) is 9.59 Å². The van der Waals surface area contributed by atoms with Crippen molar-refractivity contribution in [1.82, 2.24) is 9.80 Å². The van der Waals surface area contributed by atoms with Crippen molar-refractivity contribution in [2.75, 3.05) is 27.2 Å². The summed E-state index contributed by atoms with van der Waals surface area (Å²) < 4.78 is 5.71. The highest BCUT2D eigenvalue weighted by molar-refractivity contribution is 6.46. The summed E-state index contributed by atoms with van der Waals surface area (Å²) in [7, 11) is 3.77. The molecule has 1 fully saturated rings.